The van der Waals surface area contributed by atoms with Crippen LogP contribution in [0.25, 0.3) is 0 Å². The summed E-state index contributed by atoms with van der Waals surface area (Å²) in [4.78, 5) is 24.3. The van der Waals surface area contributed by atoms with E-state index < -0.39 is 0 Å². The smallest absolute Gasteiger partial charge is 0.345 e. The monoisotopic (exact) mass is 333 g/mol. The number of carbonyl (C=O) groups is 1. The molecule has 1 amide bonds. The van der Waals surface area contributed by atoms with Gasteiger partial charge in [0, 0.05) is 33.6 Å². The maximum absolute atomic E-state index is 12.4. The van der Waals surface area contributed by atoms with Crippen LogP contribution in [0.3, 0.4) is 0 Å². The molecule has 2 aromatic rings. The molecule has 2 atom stereocenters. The van der Waals surface area contributed by atoms with Gasteiger partial charge in [-0.1, -0.05) is 18.1 Å². The van der Waals surface area contributed by atoms with Crippen LogP contribution in [0.2, 0.25) is 0 Å². The van der Waals surface area contributed by atoms with E-state index in [4.69, 9.17) is 0 Å². The zero-order valence-electron chi connectivity index (χ0n) is 14.3. The minimum atomic E-state index is -0.158. The molecule has 2 aromatic heterocycles. The Hall–Kier alpha value is -2.45. The number of carbonyl (C=O) groups excluding carboxylic acids is 1. The van der Waals surface area contributed by atoms with E-state index in [1.807, 2.05) is 0 Å². The fourth-order valence-corrected chi connectivity index (χ4v) is 3.40. The normalized spacial score (nSPS) is 21.0. The van der Waals surface area contributed by atoms with Gasteiger partial charge in [-0.3, -0.25) is 9.36 Å². The lowest BCUT2D eigenvalue weighted by Gasteiger charge is -2.31. The van der Waals surface area contributed by atoms with Gasteiger partial charge < -0.3 is 5.32 Å². The molecule has 24 heavy (non-hydrogen) atoms. The van der Waals surface area contributed by atoms with E-state index in [1.54, 1.807) is 25.7 Å². The average molecular weight is 333 g/mol. The Morgan fingerprint density at radius 2 is 2.00 bits per heavy atom. The topological polar surface area (TPSA) is 99.6 Å². The van der Waals surface area contributed by atoms with Gasteiger partial charge >= 0.3 is 5.69 Å². The van der Waals surface area contributed by atoms with Gasteiger partial charge in [-0.25, -0.2) is 14.2 Å². The summed E-state index contributed by atoms with van der Waals surface area (Å²) in [5.74, 6) is 0.870. The molecule has 1 saturated carbocycles. The number of rotatable bonds is 4. The highest BCUT2D eigenvalue weighted by Crippen LogP contribution is 2.27. The fourth-order valence-electron chi connectivity index (χ4n) is 3.40. The van der Waals surface area contributed by atoms with Gasteiger partial charge in [-0.15, -0.1) is 5.10 Å². The summed E-state index contributed by atoms with van der Waals surface area (Å²) < 4.78 is 4.40. The highest BCUT2D eigenvalue weighted by atomic mass is 16.2. The number of aryl methyl sites for hydroxylation is 2. The molecule has 1 N–H and O–H groups in total. The third-order valence-corrected chi connectivity index (χ3v) is 4.83. The molecule has 2 heterocycles. The third kappa shape index (κ3) is 3.10. The van der Waals surface area contributed by atoms with Crippen molar-refractivity contribution >= 4 is 5.91 Å². The van der Waals surface area contributed by atoms with Gasteiger partial charge in [0.15, 0.2) is 0 Å². The van der Waals surface area contributed by atoms with Gasteiger partial charge in [0.1, 0.15) is 11.5 Å². The molecule has 0 saturated heterocycles. The van der Waals surface area contributed by atoms with Crippen molar-refractivity contribution in [3.63, 3.8) is 0 Å². The van der Waals surface area contributed by atoms with Crippen LogP contribution in [-0.2, 0) is 27.6 Å². The van der Waals surface area contributed by atoms with E-state index in [1.165, 1.54) is 15.6 Å². The third-order valence-electron chi connectivity index (χ3n) is 4.83. The van der Waals surface area contributed by atoms with Gasteiger partial charge in [0.25, 0.3) is 5.91 Å². The second-order valence-corrected chi connectivity index (χ2v) is 6.45. The van der Waals surface area contributed by atoms with Crippen molar-refractivity contribution in [1.82, 2.24) is 34.7 Å². The Morgan fingerprint density at radius 3 is 2.62 bits per heavy atom. The predicted octanol–water partition coefficient (Wildman–Crippen LogP) is -0.221. The van der Waals surface area contributed by atoms with Gasteiger partial charge in [0.05, 0.1) is 6.20 Å². The first-order chi connectivity index (χ1) is 11.5. The van der Waals surface area contributed by atoms with Crippen LogP contribution >= 0.6 is 0 Å². The van der Waals surface area contributed by atoms with E-state index in [0.29, 0.717) is 12.1 Å². The van der Waals surface area contributed by atoms with Crippen LogP contribution in [0.4, 0.5) is 0 Å². The second-order valence-electron chi connectivity index (χ2n) is 6.45. The van der Waals surface area contributed by atoms with E-state index in [9.17, 15) is 9.59 Å². The number of amides is 1. The van der Waals surface area contributed by atoms with E-state index in [0.717, 1.165) is 31.5 Å². The minimum Gasteiger partial charge on any atom is -0.348 e. The van der Waals surface area contributed by atoms with Crippen molar-refractivity contribution in [2.75, 3.05) is 0 Å². The summed E-state index contributed by atoms with van der Waals surface area (Å²) in [6, 6.07) is 0.0678. The van der Waals surface area contributed by atoms with Crippen LogP contribution in [0.15, 0.2) is 11.0 Å². The molecule has 1 aliphatic rings. The zero-order valence-corrected chi connectivity index (χ0v) is 14.3. The highest BCUT2D eigenvalue weighted by molar-refractivity contribution is 5.92. The van der Waals surface area contributed by atoms with Crippen molar-refractivity contribution in [1.29, 1.82) is 0 Å². The minimum absolute atomic E-state index is 0.0678. The lowest BCUT2D eigenvalue weighted by molar-refractivity contribution is 0.0895. The number of aromatic nitrogens is 6. The first kappa shape index (κ1) is 16.4. The number of nitrogens with one attached hydrogen (secondary N) is 1. The van der Waals surface area contributed by atoms with Crippen LogP contribution in [-0.4, -0.2) is 41.3 Å². The average Bonchev–Trinajstić information content (AvgIpc) is 3.09. The molecule has 0 unspecified atom stereocenters. The standard InChI is InChI=1S/C15H23N7O2/c1-20-13(18-22(3)15(20)24)8-10-6-4-5-7-11(10)17-14(23)12-9-16-19-21(12)2/h9-11H,4-8H2,1-3H3,(H,17,23)/t10-,11-/m1/s1. The van der Waals surface area contributed by atoms with Gasteiger partial charge in [0.2, 0.25) is 0 Å². The maximum atomic E-state index is 12.4. The van der Waals surface area contributed by atoms with Crippen molar-refractivity contribution in [3.8, 4) is 0 Å². The first-order valence-corrected chi connectivity index (χ1v) is 8.22. The lowest BCUT2D eigenvalue weighted by Crippen LogP contribution is -2.43. The van der Waals surface area contributed by atoms with E-state index in [-0.39, 0.29) is 23.6 Å². The van der Waals surface area contributed by atoms with Gasteiger partial charge in [-0.2, -0.15) is 5.10 Å². The molecule has 0 aromatic carbocycles. The molecule has 0 radical (unpaired) electrons. The molecule has 0 spiro atoms. The molecule has 0 aliphatic heterocycles. The Kier molecular flexibility index (Phi) is 4.50. The summed E-state index contributed by atoms with van der Waals surface area (Å²) in [7, 11) is 5.09. The summed E-state index contributed by atoms with van der Waals surface area (Å²) in [6.45, 7) is 0. The molecule has 9 nitrogen and oxygen atoms in total. The Balaban J connectivity index is 1.73. The SMILES string of the molecule is Cn1nncc1C(=O)N[C@@H]1CCCC[C@@H]1Cc1nn(C)c(=O)n1C. The molecule has 0 bridgehead atoms. The lowest BCUT2D eigenvalue weighted by atomic mass is 9.82. The summed E-state index contributed by atoms with van der Waals surface area (Å²) in [5.41, 5.74) is 0.326. The largest absolute Gasteiger partial charge is 0.348 e. The van der Waals surface area contributed by atoms with Crippen LogP contribution < -0.4 is 11.0 Å². The number of nitrogens with zero attached hydrogens (tertiary/aromatic N) is 6. The Morgan fingerprint density at radius 1 is 1.25 bits per heavy atom. The molecule has 1 fully saturated rings. The summed E-state index contributed by atoms with van der Waals surface area (Å²) in [5, 5.41) is 15.0. The van der Waals surface area contributed by atoms with E-state index >= 15 is 0 Å². The van der Waals surface area contributed by atoms with Crippen LogP contribution in [0, 0.1) is 5.92 Å². The van der Waals surface area contributed by atoms with Crippen LogP contribution in [0.5, 0.6) is 0 Å². The van der Waals surface area contributed by atoms with Crippen molar-refractivity contribution in [2.24, 2.45) is 27.1 Å². The second kappa shape index (κ2) is 6.58. The number of hydrogen-bond acceptors (Lipinski definition) is 5. The molecule has 3 rings (SSSR count). The molecule has 9 heteroatoms. The fraction of sp³-hybridized carbons (Fsp3) is 0.667. The first-order valence-electron chi connectivity index (χ1n) is 8.22. The molecular weight excluding hydrogens is 310 g/mol. The molecule has 130 valence electrons. The van der Waals surface area contributed by atoms with E-state index in [2.05, 4.69) is 20.7 Å². The predicted molar refractivity (Wildman–Crippen MR) is 86.4 cm³/mol. The zero-order chi connectivity index (χ0) is 17.3. The molecular formula is C15H23N7O2. The van der Waals surface area contributed by atoms with Gasteiger partial charge in [-0.05, 0) is 18.8 Å². The quantitative estimate of drug-likeness (QED) is 0.834. The summed E-state index contributed by atoms with van der Waals surface area (Å²) >= 11 is 0. The van der Waals surface area contributed by atoms with Crippen LogP contribution in [0.1, 0.15) is 42.0 Å². The van der Waals surface area contributed by atoms with Crippen molar-refractivity contribution < 1.29 is 4.79 Å². The maximum Gasteiger partial charge on any atom is 0.345 e. The Bertz CT molecular complexity index is 788. The highest BCUT2D eigenvalue weighted by Gasteiger charge is 2.29. The Labute approximate surface area is 139 Å². The number of hydrogen-bond donors (Lipinski definition) is 1. The van der Waals surface area contributed by atoms with Crippen molar-refractivity contribution in [2.45, 2.75) is 38.1 Å². The molecule has 1 aliphatic carbocycles. The summed E-state index contributed by atoms with van der Waals surface area (Å²) in [6.07, 6.45) is 6.32. The van der Waals surface area contributed by atoms with Crippen molar-refractivity contribution in [3.05, 3.63) is 28.2 Å².